The molecule has 1 unspecified atom stereocenters. The predicted octanol–water partition coefficient (Wildman–Crippen LogP) is 2.34. The van der Waals surface area contributed by atoms with Crippen molar-refractivity contribution in [3.8, 4) is 0 Å². The first kappa shape index (κ1) is 13.1. The number of aryl methyl sites for hydroxylation is 1. The molecule has 2 rings (SSSR count). The highest BCUT2D eigenvalue weighted by atomic mass is 16.2. The van der Waals surface area contributed by atoms with Crippen molar-refractivity contribution in [3.05, 3.63) is 29.8 Å². The predicted molar refractivity (Wildman–Crippen MR) is 74.5 cm³/mol. The Morgan fingerprint density at radius 1 is 1.28 bits per heavy atom. The molecule has 0 aromatic heterocycles. The fraction of sp³-hybridized carbons (Fsp3) is 0.533. The minimum Gasteiger partial charge on any atom is -0.320 e. The lowest BCUT2D eigenvalue weighted by atomic mass is 10.0. The third-order valence-electron chi connectivity index (χ3n) is 3.63. The van der Waals surface area contributed by atoms with Gasteiger partial charge in [0, 0.05) is 12.2 Å². The first-order chi connectivity index (χ1) is 8.61. The van der Waals surface area contributed by atoms with Gasteiger partial charge in [0.2, 0.25) is 5.91 Å². The smallest absolute Gasteiger partial charge is 0.244 e. The van der Waals surface area contributed by atoms with Crippen LogP contribution in [0.1, 0.15) is 32.3 Å². The summed E-state index contributed by atoms with van der Waals surface area (Å²) >= 11 is 0. The summed E-state index contributed by atoms with van der Waals surface area (Å²) in [6.07, 6.45) is 3.24. The highest BCUT2D eigenvalue weighted by molar-refractivity contribution is 5.98. The molecule has 1 heterocycles. The molecule has 3 nitrogen and oxygen atoms in total. The maximum atomic E-state index is 12.5. The number of benzene rings is 1. The van der Waals surface area contributed by atoms with Gasteiger partial charge >= 0.3 is 0 Å². The van der Waals surface area contributed by atoms with Gasteiger partial charge in [-0.15, -0.1) is 0 Å². The molecular formula is C15H22N2O. The molecule has 2 N–H and O–H groups in total. The average molecular weight is 246 g/mol. The van der Waals surface area contributed by atoms with Gasteiger partial charge in [-0.2, -0.15) is 0 Å². The zero-order valence-electron chi connectivity index (χ0n) is 11.2. The summed E-state index contributed by atoms with van der Waals surface area (Å²) in [5, 5.41) is 0. The van der Waals surface area contributed by atoms with Crippen molar-refractivity contribution < 1.29 is 4.79 Å². The van der Waals surface area contributed by atoms with Gasteiger partial charge in [0.05, 0.1) is 6.04 Å². The average Bonchev–Trinajstić information content (AvgIpc) is 2.59. The Bertz CT molecular complexity index is 428. The van der Waals surface area contributed by atoms with Crippen molar-refractivity contribution in [3.63, 3.8) is 0 Å². The van der Waals surface area contributed by atoms with Crippen LogP contribution in [0, 0.1) is 5.92 Å². The van der Waals surface area contributed by atoms with Crippen molar-refractivity contribution in [1.29, 1.82) is 0 Å². The molecule has 0 radical (unpaired) electrons. The fourth-order valence-corrected chi connectivity index (χ4v) is 2.39. The highest BCUT2D eigenvalue weighted by Crippen LogP contribution is 2.26. The summed E-state index contributed by atoms with van der Waals surface area (Å²) in [4.78, 5) is 14.3. The number of para-hydroxylation sites is 1. The molecule has 1 aromatic rings. The van der Waals surface area contributed by atoms with Crippen LogP contribution in [0.25, 0.3) is 0 Å². The number of nitrogens with two attached hydrogens (primary N) is 1. The van der Waals surface area contributed by atoms with E-state index in [1.807, 2.05) is 36.9 Å². The Labute approximate surface area is 109 Å². The third-order valence-corrected chi connectivity index (χ3v) is 3.63. The topological polar surface area (TPSA) is 46.3 Å². The van der Waals surface area contributed by atoms with Gasteiger partial charge in [0.15, 0.2) is 0 Å². The molecule has 1 aliphatic rings. The standard InChI is InChI=1S/C15H22N2O/c1-11(2)14(16)15(18)17-10-6-5-8-12-7-3-4-9-13(12)17/h3-4,7,9,11,14H,5-6,8,10,16H2,1-2H3. The summed E-state index contributed by atoms with van der Waals surface area (Å²) in [6.45, 7) is 4.77. The number of fused-ring (bicyclic) bond motifs is 1. The van der Waals surface area contributed by atoms with E-state index in [0.717, 1.165) is 31.5 Å². The summed E-state index contributed by atoms with van der Waals surface area (Å²) in [5.74, 6) is 0.229. The molecule has 0 bridgehead atoms. The lowest BCUT2D eigenvalue weighted by Gasteiger charge is -2.27. The summed E-state index contributed by atoms with van der Waals surface area (Å²) in [7, 11) is 0. The molecule has 0 fully saturated rings. The molecule has 1 aliphatic heterocycles. The Hall–Kier alpha value is -1.35. The van der Waals surface area contributed by atoms with E-state index in [-0.39, 0.29) is 11.8 Å². The zero-order valence-corrected chi connectivity index (χ0v) is 11.2. The maximum absolute atomic E-state index is 12.5. The number of hydrogen-bond donors (Lipinski definition) is 1. The first-order valence-corrected chi connectivity index (χ1v) is 6.76. The minimum atomic E-state index is -0.406. The number of rotatable bonds is 2. The molecule has 1 atom stereocenters. The van der Waals surface area contributed by atoms with Crippen LogP contribution in [0.5, 0.6) is 0 Å². The molecule has 0 aliphatic carbocycles. The van der Waals surface area contributed by atoms with Crippen molar-refractivity contribution in [2.75, 3.05) is 11.4 Å². The SMILES string of the molecule is CC(C)C(N)C(=O)N1CCCCc2ccccc21. The molecule has 0 saturated heterocycles. The Kier molecular flexibility index (Phi) is 4.02. The zero-order chi connectivity index (χ0) is 13.1. The van der Waals surface area contributed by atoms with Crippen molar-refractivity contribution >= 4 is 11.6 Å². The summed E-state index contributed by atoms with van der Waals surface area (Å²) < 4.78 is 0. The number of nitrogens with zero attached hydrogens (tertiary/aromatic N) is 1. The van der Waals surface area contributed by atoms with Crippen molar-refractivity contribution in [2.45, 2.75) is 39.2 Å². The second-order valence-corrected chi connectivity index (χ2v) is 5.35. The normalized spacial score (nSPS) is 17.2. The maximum Gasteiger partial charge on any atom is 0.244 e. The first-order valence-electron chi connectivity index (χ1n) is 6.76. The van der Waals surface area contributed by atoms with Gasteiger partial charge in [-0.25, -0.2) is 0 Å². The number of carbonyl (C=O) groups is 1. The molecular weight excluding hydrogens is 224 g/mol. The van der Waals surface area contributed by atoms with Crippen LogP contribution < -0.4 is 10.6 Å². The highest BCUT2D eigenvalue weighted by Gasteiger charge is 2.26. The summed E-state index contributed by atoms with van der Waals surface area (Å²) in [5.41, 5.74) is 8.32. The molecule has 0 saturated carbocycles. The monoisotopic (exact) mass is 246 g/mol. The molecule has 98 valence electrons. The van der Waals surface area contributed by atoms with Crippen LogP contribution in [-0.2, 0) is 11.2 Å². The van der Waals surface area contributed by atoms with E-state index in [2.05, 4.69) is 6.07 Å². The van der Waals surface area contributed by atoms with E-state index in [0.29, 0.717) is 0 Å². The number of amides is 1. The molecule has 3 heteroatoms. The number of hydrogen-bond acceptors (Lipinski definition) is 2. The van der Waals surface area contributed by atoms with E-state index < -0.39 is 6.04 Å². The number of anilines is 1. The Morgan fingerprint density at radius 2 is 2.00 bits per heavy atom. The van der Waals surface area contributed by atoms with Crippen LogP contribution in [0.2, 0.25) is 0 Å². The van der Waals surface area contributed by atoms with E-state index in [1.165, 1.54) is 5.56 Å². The van der Waals surface area contributed by atoms with E-state index in [1.54, 1.807) is 0 Å². The largest absolute Gasteiger partial charge is 0.320 e. The van der Waals surface area contributed by atoms with Gasteiger partial charge < -0.3 is 10.6 Å². The van der Waals surface area contributed by atoms with Gasteiger partial charge in [0.1, 0.15) is 0 Å². The molecule has 18 heavy (non-hydrogen) atoms. The van der Waals surface area contributed by atoms with Gasteiger partial charge in [-0.1, -0.05) is 32.0 Å². The van der Waals surface area contributed by atoms with Crippen LogP contribution >= 0.6 is 0 Å². The Balaban J connectivity index is 2.30. The second kappa shape index (κ2) is 5.53. The third kappa shape index (κ3) is 2.56. The fourth-order valence-electron chi connectivity index (χ4n) is 2.39. The number of carbonyl (C=O) groups excluding carboxylic acids is 1. The lowest BCUT2D eigenvalue weighted by molar-refractivity contribution is -0.120. The van der Waals surface area contributed by atoms with E-state index in [9.17, 15) is 4.79 Å². The van der Waals surface area contributed by atoms with Gasteiger partial charge in [0.25, 0.3) is 0 Å². The van der Waals surface area contributed by atoms with E-state index >= 15 is 0 Å². The van der Waals surface area contributed by atoms with Crippen molar-refractivity contribution in [1.82, 2.24) is 0 Å². The van der Waals surface area contributed by atoms with Crippen LogP contribution in [0.15, 0.2) is 24.3 Å². The van der Waals surface area contributed by atoms with E-state index in [4.69, 9.17) is 5.73 Å². The lowest BCUT2D eigenvalue weighted by Crippen LogP contribution is -2.47. The molecule has 1 amide bonds. The Morgan fingerprint density at radius 3 is 2.72 bits per heavy atom. The molecule has 0 spiro atoms. The van der Waals surface area contributed by atoms with Crippen LogP contribution in [0.4, 0.5) is 5.69 Å². The minimum absolute atomic E-state index is 0.0550. The van der Waals surface area contributed by atoms with Gasteiger partial charge in [-0.3, -0.25) is 4.79 Å². The van der Waals surface area contributed by atoms with Crippen LogP contribution in [-0.4, -0.2) is 18.5 Å². The van der Waals surface area contributed by atoms with Gasteiger partial charge in [-0.05, 0) is 36.8 Å². The quantitative estimate of drug-likeness (QED) is 0.870. The van der Waals surface area contributed by atoms with Crippen LogP contribution in [0.3, 0.4) is 0 Å². The second-order valence-electron chi connectivity index (χ2n) is 5.35. The van der Waals surface area contributed by atoms with Crippen molar-refractivity contribution in [2.24, 2.45) is 11.7 Å². The summed E-state index contributed by atoms with van der Waals surface area (Å²) in [6, 6.07) is 7.77. The molecule has 1 aromatic carbocycles.